The summed E-state index contributed by atoms with van der Waals surface area (Å²) in [6.07, 6.45) is 56.8. The Balaban J connectivity index is 5.22. The van der Waals surface area contributed by atoms with Crippen molar-refractivity contribution in [2.75, 3.05) is 39.6 Å². The predicted octanol–water partition coefficient (Wildman–Crippen LogP) is 22.7. The molecule has 3 N–H and O–H groups in total. The van der Waals surface area contributed by atoms with Crippen LogP contribution in [0.2, 0.25) is 0 Å². The quantitative estimate of drug-likeness (QED) is 0.0222. The topological polar surface area (TPSA) is 237 Å². The van der Waals surface area contributed by atoms with E-state index in [9.17, 15) is 43.2 Å². The van der Waals surface area contributed by atoms with E-state index >= 15 is 0 Å². The summed E-state index contributed by atoms with van der Waals surface area (Å²) in [5.41, 5.74) is 0. The van der Waals surface area contributed by atoms with E-state index in [0.717, 1.165) is 102 Å². The van der Waals surface area contributed by atoms with Gasteiger partial charge in [-0.3, -0.25) is 37.3 Å². The first kappa shape index (κ1) is 94.1. The summed E-state index contributed by atoms with van der Waals surface area (Å²) >= 11 is 0. The van der Waals surface area contributed by atoms with E-state index in [2.05, 4.69) is 41.5 Å². The van der Waals surface area contributed by atoms with Gasteiger partial charge in [0.15, 0.2) is 12.2 Å². The van der Waals surface area contributed by atoms with Gasteiger partial charge in [0.25, 0.3) is 0 Å². The number of unbranched alkanes of at least 4 members (excludes halogenated alkanes) is 46. The third kappa shape index (κ3) is 70.5. The Bertz CT molecular complexity index is 1860. The number of rotatable bonds is 76. The van der Waals surface area contributed by atoms with Crippen molar-refractivity contribution in [2.45, 2.75) is 419 Å². The normalized spacial score (nSPS) is 14.0. The van der Waals surface area contributed by atoms with Crippen LogP contribution in [0.25, 0.3) is 0 Å². The Labute approximate surface area is 588 Å². The SMILES string of the molecule is CCCCCCCCCCCCCCC(=O)O[C@H](COC(=O)CCCCCCCCCCC)COP(=O)(O)OC[C@H](O)COP(=O)(O)OC[C@@H](COC(=O)CCCCCCCCCCCCCCCC(C)C)OC(=O)CCCCCCCCCCCCCCCCCCC(C)C. The molecule has 0 heterocycles. The molecule has 0 saturated carbocycles. The number of esters is 4. The molecule has 0 aliphatic rings. The average molecular weight is 1410 g/mol. The van der Waals surface area contributed by atoms with Crippen LogP contribution in [0.3, 0.4) is 0 Å². The molecule has 2 unspecified atom stereocenters. The fraction of sp³-hybridized carbons (Fsp3) is 0.948. The first-order valence-corrected chi connectivity index (χ1v) is 43.0. The molecule has 0 fully saturated rings. The number of carbonyl (C=O) groups excluding carboxylic acids is 4. The number of aliphatic hydroxyl groups is 1. The van der Waals surface area contributed by atoms with Crippen LogP contribution in [0, 0.1) is 11.8 Å². The number of hydrogen-bond donors (Lipinski definition) is 3. The zero-order chi connectivity index (χ0) is 70.7. The van der Waals surface area contributed by atoms with E-state index < -0.39 is 97.5 Å². The Morgan fingerprint density at radius 1 is 0.281 bits per heavy atom. The van der Waals surface area contributed by atoms with Gasteiger partial charge in [0.2, 0.25) is 0 Å². The van der Waals surface area contributed by atoms with Crippen molar-refractivity contribution in [3.63, 3.8) is 0 Å². The minimum Gasteiger partial charge on any atom is -0.462 e. The number of carbonyl (C=O) groups is 4. The van der Waals surface area contributed by atoms with Crippen molar-refractivity contribution in [3.05, 3.63) is 0 Å². The van der Waals surface area contributed by atoms with Gasteiger partial charge in [-0.1, -0.05) is 350 Å². The Hall–Kier alpha value is -1.94. The number of phosphoric acid groups is 2. The number of phosphoric ester groups is 2. The second kappa shape index (κ2) is 68.8. The second-order valence-electron chi connectivity index (χ2n) is 28.7. The highest BCUT2D eigenvalue weighted by Gasteiger charge is 2.30. The second-order valence-corrected chi connectivity index (χ2v) is 31.6. The van der Waals surface area contributed by atoms with Gasteiger partial charge in [-0.15, -0.1) is 0 Å². The average Bonchev–Trinajstić information content (AvgIpc) is 1.44. The van der Waals surface area contributed by atoms with Crippen LogP contribution in [0.5, 0.6) is 0 Å². The first-order valence-electron chi connectivity index (χ1n) is 40.0. The lowest BCUT2D eigenvalue weighted by Gasteiger charge is -2.21. The van der Waals surface area contributed by atoms with Gasteiger partial charge in [-0.25, -0.2) is 9.13 Å². The largest absolute Gasteiger partial charge is 0.472 e. The monoisotopic (exact) mass is 1410 g/mol. The molecule has 0 aliphatic carbocycles. The number of ether oxygens (including phenoxy) is 4. The van der Waals surface area contributed by atoms with E-state index in [1.54, 1.807) is 0 Å². The smallest absolute Gasteiger partial charge is 0.462 e. The van der Waals surface area contributed by atoms with Crippen molar-refractivity contribution < 1.29 is 80.2 Å². The molecule has 17 nitrogen and oxygen atoms in total. The maximum absolute atomic E-state index is 13.1. The third-order valence-corrected chi connectivity index (χ3v) is 19.9. The minimum absolute atomic E-state index is 0.107. The molecule has 0 radical (unpaired) electrons. The molecule has 0 saturated heterocycles. The summed E-state index contributed by atoms with van der Waals surface area (Å²) < 4.78 is 68.5. The van der Waals surface area contributed by atoms with Gasteiger partial charge < -0.3 is 33.8 Å². The van der Waals surface area contributed by atoms with Crippen molar-refractivity contribution in [3.8, 4) is 0 Å². The lowest BCUT2D eigenvalue weighted by atomic mass is 10.0. The summed E-state index contributed by atoms with van der Waals surface area (Å²) in [5, 5.41) is 10.6. The Morgan fingerprint density at radius 3 is 0.708 bits per heavy atom. The molecule has 0 bridgehead atoms. The van der Waals surface area contributed by atoms with Crippen LogP contribution in [-0.2, 0) is 65.4 Å². The van der Waals surface area contributed by atoms with Crippen LogP contribution in [0.15, 0.2) is 0 Å². The van der Waals surface area contributed by atoms with Crippen LogP contribution >= 0.6 is 15.6 Å². The van der Waals surface area contributed by atoms with Crippen molar-refractivity contribution in [2.24, 2.45) is 11.8 Å². The molecular weight excluding hydrogens is 1260 g/mol. The van der Waals surface area contributed by atoms with Crippen LogP contribution in [0.4, 0.5) is 0 Å². The predicted molar refractivity (Wildman–Crippen MR) is 391 cm³/mol. The number of aliphatic hydroxyl groups excluding tert-OH is 1. The minimum atomic E-state index is -4.96. The van der Waals surface area contributed by atoms with Gasteiger partial charge >= 0.3 is 39.5 Å². The van der Waals surface area contributed by atoms with Gasteiger partial charge in [0, 0.05) is 25.7 Å². The fourth-order valence-corrected chi connectivity index (χ4v) is 13.4. The molecule has 0 aromatic rings. The van der Waals surface area contributed by atoms with Crippen LogP contribution in [0.1, 0.15) is 401 Å². The van der Waals surface area contributed by atoms with Crippen LogP contribution in [-0.4, -0.2) is 96.7 Å². The Morgan fingerprint density at radius 2 is 0.479 bits per heavy atom. The fourth-order valence-electron chi connectivity index (χ4n) is 11.8. The van der Waals surface area contributed by atoms with Crippen molar-refractivity contribution in [1.29, 1.82) is 0 Å². The molecule has 570 valence electrons. The summed E-state index contributed by atoms with van der Waals surface area (Å²) in [6, 6.07) is 0. The zero-order valence-electron chi connectivity index (χ0n) is 62.7. The summed E-state index contributed by atoms with van der Waals surface area (Å²) in [4.78, 5) is 72.8. The van der Waals surface area contributed by atoms with E-state index in [1.165, 1.54) is 218 Å². The van der Waals surface area contributed by atoms with Crippen LogP contribution < -0.4 is 0 Å². The molecule has 19 heteroatoms. The van der Waals surface area contributed by atoms with Gasteiger partial charge in [0.1, 0.15) is 19.3 Å². The molecule has 0 amide bonds. The summed E-state index contributed by atoms with van der Waals surface area (Å²) in [6.45, 7) is 9.64. The lowest BCUT2D eigenvalue weighted by molar-refractivity contribution is -0.161. The highest BCUT2D eigenvalue weighted by Crippen LogP contribution is 2.45. The lowest BCUT2D eigenvalue weighted by Crippen LogP contribution is -2.30. The number of hydrogen-bond acceptors (Lipinski definition) is 15. The summed E-state index contributed by atoms with van der Waals surface area (Å²) in [5.74, 6) is -0.513. The molecule has 0 aromatic heterocycles. The molecule has 96 heavy (non-hydrogen) atoms. The molecule has 5 atom stereocenters. The van der Waals surface area contributed by atoms with E-state index in [4.69, 9.17) is 37.0 Å². The Kier molecular flexibility index (Phi) is 67.4. The first-order chi connectivity index (χ1) is 46.4. The maximum atomic E-state index is 13.1. The standard InChI is InChI=1S/C77H150O17P2/c1-7-9-11-13-15-17-18-30-37-43-49-55-61-76(81)93-72(65-87-74(79)59-53-47-41-33-16-14-12-10-8-2)67-91-95(83,84)89-63-71(78)64-90-96(85,86)92-68-73(66-88-75(80)60-54-48-42-36-31-27-23-25-29-35-40-46-52-58-70(5)6)94-77(82)62-56-50-44-38-32-26-22-20-19-21-24-28-34-39-45-51-57-69(3)4/h69-73,78H,7-68H2,1-6H3,(H,83,84)(H,85,86)/t71-,72+,73+/m0/s1. The highest BCUT2D eigenvalue weighted by molar-refractivity contribution is 7.47. The van der Waals surface area contributed by atoms with E-state index in [0.29, 0.717) is 25.7 Å². The van der Waals surface area contributed by atoms with E-state index in [1.807, 2.05) is 0 Å². The van der Waals surface area contributed by atoms with Gasteiger partial charge in [0.05, 0.1) is 26.4 Å². The van der Waals surface area contributed by atoms with Gasteiger partial charge in [-0.05, 0) is 37.5 Å². The van der Waals surface area contributed by atoms with E-state index in [-0.39, 0.29) is 25.7 Å². The summed E-state index contributed by atoms with van der Waals surface area (Å²) in [7, 11) is -9.91. The zero-order valence-corrected chi connectivity index (χ0v) is 64.5. The molecule has 0 aromatic carbocycles. The maximum Gasteiger partial charge on any atom is 0.472 e. The molecule has 0 aliphatic heterocycles. The van der Waals surface area contributed by atoms with Gasteiger partial charge in [-0.2, -0.15) is 0 Å². The molecule has 0 rings (SSSR count). The highest BCUT2D eigenvalue weighted by atomic mass is 31.2. The van der Waals surface area contributed by atoms with Crippen molar-refractivity contribution in [1.82, 2.24) is 0 Å². The van der Waals surface area contributed by atoms with Crippen molar-refractivity contribution >= 4 is 39.5 Å². The molecule has 0 spiro atoms. The molecular formula is C77H150O17P2. The third-order valence-electron chi connectivity index (χ3n) is 18.0.